The molecule has 0 radical (unpaired) electrons. The molecule has 4 rings (SSSR count). The van der Waals surface area contributed by atoms with Gasteiger partial charge in [-0.25, -0.2) is 0 Å². The highest BCUT2D eigenvalue weighted by Gasteiger charge is 2.41. The summed E-state index contributed by atoms with van der Waals surface area (Å²) in [6, 6.07) is 40.4. The molecule has 0 nitrogen and oxygen atoms in total. The fraction of sp³-hybridized carbons (Fsp3) is 0.0714. The monoisotopic (exact) mass is 390 g/mol. The summed E-state index contributed by atoms with van der Waals surface area (Å²) in [4.78, 5) is 0. The zero-order valence-electron chi connectivity index (χ0n) is 17.0. The predicted molar refractivity (Wildman–Crippen MR) is 130 cm³/mol. The van der Waals surface area contributed by atoms with E-state index in [1.165, 1.54) is 31.9 Å². The number of hydrogen-bond donors (Lipinski definition) is 0. The van der Waals surface area contributed by atoms with Crippen molar-refractivity contribution in [3.63, 3.8) is 0 Å². The van der Waals surface area contributed by atoms with E-state index in [2.05, 4.69) is 135 Å². The van der Waals surface area contributed by atoms with E-state index in [-0.39, 0.29) is 0 Å². The Bertz CT molecular complexity index is 1040. The van der Waals surface area contributed by atoms with Crippen LogP contribution < -0.4 is 20.7 Å². The van der Waals surface area contributed by atoms with Gasteiger partial charge in [-0.1, -0.05) is 127 Å². The maximum Gasteiger partial charge on any atom is 0.179 e. The van der Waals surface area contributed by atoms with Gasteiger partial charge in [0.15, 0.2) is 8.07 Å². The Kier molecular flexibility index (Phi) is 5.59. The summed E-state index contributed by atoms with van der Waals surface area (Å²) in [7, 11) is -2.39. The molecular weight excluding hydrogens is 364 g/mol. The number of hydrogen-bond acceptors (Lipinski definition) is 0. The van der Waals surface area contributed by atoms with Gasteiger partial charge in [-0.05, 0) is 40.2 Å². The Labute approximate surface area is 175 Å². The Balaban J connectivity index is 2.07. The molecule has 142 valence electrons. The van der Waals surface area contributed by atoms with E-state index in [1.807, 2.05) is 0 Å². The van der Waals surface area contributed by atoms with Crippen molar-refractivity contribution in [2.45, 2.75) is 13.8 Å². The molecule has 4 aromatic rings. The van der Waals surface area contributed by atoms with Crippen LogP contribution in [0.3, 0.4) is 0 Å². The SMILES string of the molecule is CC=Cc1ccc([Si](c2ccccc2)(c2ccccc2)c2ccc(C)cc2)cc1. The van der Waals surface area contributed by atoms with Crippen molar-refractivity contribution in [1.29, 1.82) is 0 Å². The highest BCUT2D eigenvalue weighted by molar-refractivity contribution is 7.19. The number of aryl methyl sites for hydroxylation is 1. The van der Waals surface area contributed by atoms with Crippen molar-refractivity contribution < 1.29 is 0 Å². The highest BCUT2D eigenvalue weighted by Crippen LogP contribution is 2.11. The average Bonchev–Trinajstić information content (AvgIpc) is 2.78. The topological polar surface area (TPSA) is 0 Å². The summed E-state index contributed by atoms with van der Waals surface area (Å²) in [6.07, 6.45) is 4.25. The minimum atomic E-state index is -2.39. The molecule has 0 bridgehead atoms. The van der Waals surface area contributed by atoms with Crippen molar-refractivity contribution in [2.24, 2.45) is 0 Å². The minimum absolute atomic E-state index is 1.24. The van der Waals surface area contributed by atoms with Crippen molar-refractivity contribution in [1.82, 2.24) is 0 Å². The second-order valence-electron chi connectivity index (χ2n) is 7.47. The van der Waals surface area contributed by atoms with Gasteiger partial charge >= 0.3 is 0 Å². The molecule has 0 N–H and O–H groups in total. The average molecular weight is 391 g/mol. The van der Waals surface area contributed by atoms with Gasteiger partial charge in [0.05, 0.1) is 0 Å². The Morgan fingerprint density at radius 1 is 0.517 bits per heavy atom. The van der Waals surface area contributed by atoms with Crippen LogP contribution in [0.5, 0.6) is 0 Å². The first-order valence-corrected chi connectivity index (χ1v) is 12.2. The van der Waals surface area contributed by atoms with E-state index < -0.39 is 8.07 Å². The molecule has 0 amide bonds. The molecule has 4 aromatic carbocycles. The summed E-state index contributed by atoms with van der Waals surface area (Å²) in [6.45, 7) is 4.22. The van der Waals surface area contributed by atoms with Crippen LogP contribution in [0.25, 0.3) is 6.08 Å². The van der Waals surface area contributed by atoms with E-state index in [1.54, 1.807) is 0 Å². The van der Waals surface area contributed by atoms with Crippen LogP contribution in [0.15, 0.2) is 115 Å². The molecule has 29 heavy (non-hydrogen) atoms. The lowest BCUT2D eigenvalue weighted by atomic mass is 10.2. The molecule has 0 fully saturated rings. The van der Waals surface area contributed by atoms with Crippen LogP contribution in [0.1, 0.15) is 18.1 Å². The predicted octanol–water partition coefficient (Wildman–Crippen LogP) is 4.41. The first kappa shape index (κ1) is 19.2. The largest absolute Gasteiger partial charge is 0.179 e. The lowest BCUT2D eigenvalue weighted by molar-refractivity contribution is 1.48. The summed E-state index contributed by atoms with van der Waals surface area (Å²) < 4.78 is 0. The van der Waals surface area contributed by atoms with Crippen molar-refractivity contribution in [3.8, 4) is 0 Å². The van der Waals surface area contributed by atoms with Gasteiger partial charge in [-0.2, -0.15) is 0 Å². The quantitative estimate of drug-likeness (QED) is 0.350. The molecule has 0 unspecified atom stereocenters. The summed E-state index contributed by atoms with van der Waals surface area (Å²) in [5.41, 5.74) is 2.53. The van der Waals surface area contributed by atoms with Crippen molar-refractivity contribution in [2.75, 3.05) is 0 Å². The molecule has 0 aromatic heterocycles. The second kappa shape index (κ2) is 8.46. The van der Waals surface area contributed by atoms with Crippen LogP contribution >= 0.6 is 0 Å². The molecule has 0 atom stereocenters. The van der Waals surface area contributed by atoms with Gasteiger partial charge in [0.25, 0.3) is 0 Å². The van der Waals surface area contributed by atoms with Gasteiger partial charge in [0.2, 0.25) is 0 Å². The highest BCUT2D eigenvalue weighted by atomic mass is 28.3. The van der Waals surface area contributed by atoms with Crippen LogP contribution in [-0.2, 0) is 0 Å². The van der Waals surface area contributed by atoms with E-state index in [4.69, 9.17) is 0 Å². The normalized spacial score (nSPS) is 11.7. The lowest BCUT2D eigenvalue weighted by Crippen LogP contribution is -2.74. The molecule has 1 heteroatoms. The summed E-state index contributed by atoms with van der Waals surface area (Å²) in [5, 5.41) is 5.65. The van der Waals surface area contributed by atoms with Crippen molar-refractivity contribution >= 4 is 34.9 Å². The van der Waals surface area contributed by atoms with E-state index in [0.29, 0.717) is 0 Å². The Morgan fingerprint density at radius 3 is 1.38 bits per heavy atom. The number of rotatable bonds is 5. The van der Waals surface area contributed by atoms with E-state index in [9.17, 15) is 0 Å². The summed E-state index contributed by atoms with van der Waals surface area (Å²) >= 11 is 0. The Hall–Kier alpha value is -3.16. The van der Waals surface area contributed by atoms with Crippen LogP contribution in [-0.4, -0.2) is 8.07 Å². The molecule has 0 heterocycles. The van der Waals surface area contributed by atoms with Crippen LogP contribution in [0, 0.1) is 6.92 Å². The van der Waals surface area contributed by atoms with Gasteiger partial charge in [-0.3, -0.25) is 0 Å². The lowest BCUT2D eigenvalue weighted by Gasteiger charge is -2.34. The van der Waals surface area contributed by atoms with Crippen LogP contribution in [0.2, 0.25) is 0 Å². The second-order valence-corrected chi connectivity index (χ2v) is 11.3. The third kappa shape index (κ3) is 3.62. The van der Waals surface area contributed by atoms with Gasteiger partial charge in [0, 0.05) is 0 Å². The van der Waals surface area contributed by atoms with Crippen LogP contribution in [0.4, 0.5) is 0 Å². The van der Waals surface area contributed by atoms with Gasteiger partial charge in [-0.15, -0.1) is 0 Å². The van der Waals surface area contributed by atoms with Gasteiger partial charge < -0.3 is 0 Å². The molecular formula is C28H26Si. The molecule has 0 aliphatic heterocycles. The fourth-order valence-electron chi connectivity index (χ4n) is 4.22. The smallest absolute Gasteiger partial charge is 0.0871 e. The number of allylic oxidation sites excluding steroid dienone is 1. The molecule has 0 saturated heterocycles. The zero-order chi connectivity index (χ0) is 20.1. The number of benzene rings is 4. The summed E-state index contributed by atoms with van der Waals surface area (Å²) in [5.74, 6) is 0. The van der Waals surface area contributed by atoms with Gasteiger partial charge in [0.1, 0.15) is 0 Å². The molecule has 0 spiro atoms. The van der Waals surface area contributed by atoms with Crippen molar-refractivity contribution in [3.05, 3.63) is 126 Å². The first-order valence-electron chi connectivity index (χ1n) is 10.2. The zero-order valence-corrected chi connectivity index (χ0v) is 18.0. The van der Waals surface area contributed by atoms with E-state index >= 15 is 0 Å². The molecule has 0 aliphatic carbocycles. The Morgan fingerprint density at radius 2 is 0.931 bits per heavy atom. The molecule has 0 aliphatic rings. The van der Waals surface area contributed by atoms with E-state index in [0.717, 1.165) is 0 Å². The maximum absolute atomic E-state index is 2.39. The first-order chi connectivity index (χ1) is 14.2. The fourth-order valence-corrected chi connectivity index (χ4v) is 8.93. The third-order valence-corrected chi connectivity index (χ3v) is 10.4. The minimum Gasteiger partial charge on any atom is -0.0871 e. The molecule has 0 saturated carbocycles. The standard InChI is InChI=1S/C28H26Si/c1-3-10-24-17-21-28(22-18-24)29(25-11-6-4-7-12-25,26-13-8-5-9-14-26)27-19-15-23(2)16-20-27/h3-22H,1-2H3. The maximum atomic E-state index is 2.33. The third-order valence-electron chi connectivity index (χ3n) is 5.60.